The molecule has 5 nitrogen and oxygen atoms in total. The minimum Gasteiger partial charge on any atom is -0.361 e. The van der Waals surface area contributed by atoms with E-state index in [0.29, 0.717) is 5.56 Å². The van der Waals surface area contributed by atoms with E-state index in [4.69, 9.17) is 0 Å². The first-order valence-corrected chi connectivity index (χ1v) is 9.81. The molecule has 0 aliphatic carbocycles. The molecular weight excluding hydrogens is 358 g/mol. The molecule has 1 fully saturated rings. The largest absolute Gasteiger partial charge is 0.361 e. The molecule has 6 heteroatoms. The van der Waals surface area contributed by atoms with Gasteiger partial charge in [0.05, 0.1) is 0 Å². The Labute approximate surface area is 161 Å². The van der Waals surface area contributed by atoms with Crippen LogP contribution in [0.4, 0.5) is 5.69 Å². The molecule has 1 saturated heterocycles. The summed E-state index contributed by atoms with van der Waals surface area (Å²) < 4.78 is -0.379. The molecular formula is C21H19N3O2S. The van der Waals surface area contributed by atoms with Gasteiger partial charge in [0.1, 0.15) is 11.4 Å². The number of hydrogen-bond acceptors (Lipinski definition) is 3. The summed E-state index contributed by atoms with van der Waals surface area (Å²) in [5.41, 5.74) is 3.47. The van der Waals surface area contributed by atoms with Gasteiger partial charge >= 0.3 is 0 Å². The van der Waals surface area contributed by atoms with Gasteiger partial charge in [0.25, 0.3) is 5.91 Å². The molecule has 2 aromatic carbocycles. The van der Waals surface area contributed by atoms with E-state index < -0.39 is 6.04 Å². The Morgan fingerprint density at radius 3 is 2.85 bits per heavy atom. The van der Waals surface area contributed by atoms with Gasteiger partial charge in [-0.25, -0.2) is 0 Å². The van der Waals surface area contributed by atoms with Crippen LogP contribution in [0.3, 0.4) is 0 Å². The molecule has 1 aromatic heterocycles. The van der Waals surface area contributed by atoms with E-state index in [-0.39, 0.29) is 21.9 Å². The lowest BCUT2D eigenvalue weighted by molar-refractivity contribution is -0.121. The third kappa shape index (κ3) is 2.40. The van der Waals surface area contributed by atoms with Crippen LogP contribution >= 0.6 is 11.8 Å². The molecule has 5 rings (SSSR count). The second-order valence-corrected chi connectivity index (χ2v) is 9.28. The summed E-state index contributed by atoms with van der Waals surface area (Å²) >= 11 is 1.68. The number of amides is 2. The fourth-order valence-electron chi connectivity index (χ4n) is 4.15. The van der Waals surface area contributed by atoms with Crippen molar-refractivity contribution in [2.24, 2.45) is 0 Å². The zero-order valence-corrected chi connectivity index (χ0v) is 15.8. The maximum atomic E-state index is 13.2. The van der Waals surface area contributed by atoms with Crippen molar-refractivity contribution in [3.05, 3.63) is 65.9 Å². The SMILES string of the molecule is CC1(C)S[C@H]2c3ccccc3C(=O)N2[C@@H]1C(=O)Nc1ccc2[nH]ccc2c1. The average Bonchev–Trinajstić information content (AvgIpc) is 3.28. The van der Waals surface area contributed by atoms with E-state index in [2.05, 4.69) is 10.3 Å². The first-order valence-electron chi connectivity index (χ1n) is 8.93. The highest BCUT2D eigenvalue weighted by atomic mass is 32.2. The summed E-state index contributed by atoms with van der Waals surface area (Å²) in [6.45, 7) is 4.07. The van der Waals surface area contributed by atoms with E-state index in [1.54, 1.807) is 16.7 Å². The number of hydrogen-bond donors (Lipinski definition) is 2. The lowest BCUT2D eigenvalue weighted by Crippen LogP contribution is -2.50. The second-order valence-electron chi connectivity index (χ2n) is 7.54. The third-order valence-corrected chi connectivity index (χ3v) is 6.90. The molecule has 0 radical (unpaired) electrons. The number of aromatic amines is 1. The Morgan fingerprint density at radius 2 is 2.00 bits per heavy atom. The summed E-state index contributed by atoms with van der Waals surface area (Å²) in [5, 5.41) is 3.95. The van der Waals surface area contributed by atoms with Gasteiger partial charge in [-0.3, -0.25) is 9.59 Å². The number of rotatable bonds is 2. The molecule has 0 unspecified atom stereocenters. The molecule has 3 aromatic rings. The fraction of sp³-hybridized carbons (Fsp3) is 0.238. The number of nitrogens with one attached hydrogen (secondary N) is 2. The zero-order valence-electron chi connectivity index (χ0n) is 15.0. The predicted molar refractivity (Wildman–Crippen MR) is 108 cm³/mol. The number of H-pyrrole nitrogens is 1. The minimum atomic E-state index is -0.533. The first kappa shape index (κ1) is 16.4. The summed E-state index contributed by atoms with van der Waals surface area (Å²) in [4.78, 5) is 31.1. The Balaban J connectivity index is 1.48. The maximum Gasteiger partial charge on any atom is 0.256 e. The van der Waals surface area contributed by atoms with E-state index in [9.17, 15) is 9.59 Å². The number of thioether (sulfide) groups is 1. The third-order valence-electron chi connectivity index (χ3n) is 5.37. The molecule has 2 N–H and O–H groups in total. The minimum absolute atomic E-state index is 0.0603. The van der Waals surface area contributed by atoms with Gasteiger partial charge in [-0.15, -0.1) is 11.8 Å². The zero-order chi connectivity index (χ0) is 18.8. The summed E-state index contributed by atoms with van der Waals surface area (Å²) in [6.07, 6.45) is 1.87. The highest BCUT2D eigenvalue weighted by Crippen LogP contribution is 2.56. The molecule has 2 aliphatic rings. The van der Waals surface area contributed by atoms with Gasteiger partial charge in [-0.2, -0.15) is 0 Å². The smallest absolute Gasteiger partial charge is 0.256 e. The van der Waals surface area contributed by atoms with Crippen molar-refractivity contribution in [3.63, 3.8) is 0 Å². The molecule has 0 bridgehead atoms. The van der Waals surface area contributed by atoms with Crippen LogP contribution in [0, 0.1) is 0 Å². The number of carbonyl (C=O) groups excluding carboxylic acids is 2. The Morgan fingerprint density at radius 1 is 1.19 bits per heavy atom. The van der Waals surface area contributed by atoms with Gasteiger partial charge < -0.3 is 15.2 Å². The highest BCUT2D eigenvalue weighted by molar-refractivity contribution is 8.01. The van der Waals surface area contributed by atoms with E-state index in [1.807, 2.05) is 68.6 Å². The lowest BCUT2D eigenvalue weighted by Gasteiger charge is -2.29. The van der Waals surface area contributed by atoms with E-state index in [1.165, 1.54) is 0 Å². The van der Waals surface area contributed by atoms with E-state index in [0.717, 1.165) is 22.2 Å². The standard InChI is InChI=1S/C21H19N3O2S/c1-21(2)17(18(25)23-13-7-8-16-12(11-13)9-10-22-16)24-19(26)14-5-3-4-6-15(14)20(24)27-21/h3-11,17,20,22H,1-2H3,(H,23,25)/t17-,20+/m1/s1. The maximum absolute atomic E-state index is 13.2. The Kier molecular flexibility index (Phi) is 3.43. The van der Waals surface area contributed by atoms with Crippen molar-refractivity contribution in [1.82, 2.24) is 9.88 Å². The monoisotopic (exact) mass is 377 g/mol. The topological polar surface area (TPSA) is 65.2 Å². The Bertz CT molecular complexity index is 1090. The normalized spacial score (nSPS) is 22.7. The molecule has 2 aliphatic heterocycles. The highest BCUT2D eigenvalue weighted by Gasteiger charge is 2.57. The molecule has 2 amide bonds. The van der Waals surface area contributed by atoms with E-state index >= 15 is 0 Å². The van der Waals surface area contributed by atoms with Gasteiger partial charge in [0.2, 0.25) is 5.91 Å². The van der Waals surface area contributed by atoms with Crippen LogP contribution in [0.25, 0.3) is 10.9 Å². The molecule has 0 spiro atoms. The van der Waals surface area contributed by atoms with Crippen LogP contribution in [0.5, 0.6) is 0 Å². The van der Waals surface area contributed by atoms with Crippen LogP contribution in [0.2, 0.25) is 0 Å². The van der Waals surface area contributed by atoms with Crippen molar-refractivity contribution in [1.29, 1.82) is 0 Å². The average molecular weight is 377 g/mol. The molecule has 2 atom stereocenters. The number of carbonyl (C=O) groups is 2. The predicted octanol–water partition coefficient (Wildman–Crippen LogP) is 4.16. The fourth-order valence-corrected chi connectivity index (χ4v) is 5.73. The quantitative estimate of drug-likeness (QED) is 0.705. The van der Waals surface area contributed by atoms with Crippen molar-refractivity contribution < 1.29 is 9.59 Å². The van der Waals surface area contributed by atoms with Crippen LogP contribution in [0.1, 0.15) is 35.1 Å². The molecule has 136 valence electrons. The van der Waals surface area contributed by atoms with Gasteiger partial charge in [-0.05, 0) is 49.7 Å². The number of anilines is 1. The second kappa shape index (κ2) is 5.63. The van der Waals surface area contributed by atoms with Crippen molar-refractivity contribution in [2.45, 2.75) is 30.0 Å². The first-order chi connectivity index (χ1) is 13.0. The Hall–Kier alpha value is -2.73. The van der Waals surface area contributed by atoms with Crippen molar-refractivity contribution in [3.8, 4) is 0 Å². The number of aromatic nitrogens is 1. The lowest BCUT2D eigenvalue weighted by atomic mass is 10.0. The van der Waals surface area contributed by atoms with Crippen LogP contribution in [0.15, 0.2) is 54.7 Å². The summed E-state index contributed by atoms with van der Waals surface area (Å²) in [6, 6.07) is 14.9. The number of benzene rings is 2. The number of nitrogens with zero attached hydrogens (tertiary/aromatic N) is 1. The molecule has 3 heterocycles. The van der Waals surface area contributed by atoms with Crippen molar-refractivity contribution in [2.75, 3.05) is 5.32 Å². The van der Waals surface area contributed by atoms with Crippen LogP contribution in [-0.4, -0.2) is 32.5 Å². The van der Waals surface area contributed by atoms with Gasteiger partial charge in [0.15, 0.2) is 0 Å². The van der Waals surface area contributed by atoms with Gasteiger partial charge in [-0.1, -0.05) is 18.2 Å². The van der Waals surface area contributed by atoms with Gasteiger partial charge in [0, 0.05) is 33.1 Å². The summed E-state index contributed by atoms with van der Waals surface area (Å²) in [7, 11) is 0. The summed E-state index contributed by atoms with van der Waals surface area (Å²) in [5.74, 6) is -0.207. The molecule has 27 heavy (non-hydrogen) atoms. The number of fused-ring (bicyclic) bond motifs is 4. The molecule has 0 saturated carbocycles. The van der Waals surface area contributed by atoms with Crippen LogP contribution < -0.4 is 5.32 Å². The van der Waals surface area contributed by atoms with Crippen LogP contribution in [-0.2, 0) is 4.79 Å². The van der Waals surface area contributed by atoms with Crippen molar-refractivity contribution >= 4 is 40.2 Å².